The van der Waals surface area contributed by atoms with Crippen LogP contribution in [0.2, 0.25) is 0 Å². The van der Waals surface area contributed by atoms with Gasteiger partial charge in [-0.05, 0) is 39.7 Å². The van der Waals surface area contributed by atoms with Gasteiger partial charge in [0.2, 0.25) is 0 Å². The largest absolute Gasteiger partial charge is 0.472 e. The zero-order valence-corrected chi connectivity index (χ0v) is 13.0. The van der Waals surface area contributed by atoms with Crippen molar-refractivity contribution < 1.29 is 4.52 Å². The molecule has 22 heavy (non-hydrogen) atoms. The maximum Gasteiger partial charge on any atom is 0.124 e. The quantitative estimate of drug-likeness (QED) is 0.467. The number of benzene rings is 4. The molecule has 0 spiro atoms. The SMILES string of the molecule is c1ccc2cc(OPc3ccc4ccccc4c3)ccc2c1. The Morgan fingerprint density at radius 1 is 0.545 bits per heavy atom. The van der Waals surface area contributed by atoms with Crippen LogP contribution in [0.3, 0.4) is 0 Å². The molecule has 0 aliphatic heterocycles. The van der Waals surface area contributed by atoms with E-state index in [0.717, 1.165) is 5.75 Å². The smallest absolute Gasteiger partial charge is 0.124 e. The van der Waals surface area contributed by atoms with Gasteiger partial charge in [-0.2, -0.15) is 0 Å². The van der Waals surface area contributed by atoms with Gasteiger partial charge in [0.1, 0.15) is 14.6 Å². The predicted molar refractivity (Wildman–Crippen MR) is 96.5 cm³/mol. The van der Waals surface area contributed by atoms with E-state index in [1.165, 1.54) is 26.8 Å². The fourth-order valence-corrected chi connectivity index (χ4v) is 3.33. The minimum absolute atomic E-state index is 0.316. The second-order valence-corrected chi connectivity index (χ2v) is 6.26. The van der Waals surface area contributed by atoms with Crippen LogP contribution < -0.4 is 9.83 Å². The molecule has 0 saturated heterocycles. The van der Waals surface area contributed by atoms with Gasteiger partial charge in [-0.3, -0.25) is 0 Å². The van der Waals surface area contributed by atoms with E-state index >= 15 is 0 Å². The predicted octanol–water partition coefficient (Wildman–Crippen LogP) is 5.29. The molecule has 0 N–H and O–H groups in total. The molecule has 0 heterocycles. The van der Waals surface area contributed by atoms with Gasteiger partial charge in [0, 0.05) is 5.30 Å². The Bertz CT molecular complexity index is 867. The standard InChI is InChI=1S/C20H15OP/c1-3-7-17-13-19(11-9-15(17)5-1)21-22-20-12-10-16-6-2-4-8-18(16)14-20/h1-14,22H. The summed E-state index contributed by atoms with van der Waals surface area (Å²) in [5.41, 5.74) is 0. The molecule has 4 rings (SSSR count). The molecule has 106 valence electrons. The van der Waals surface area contributed by atoms with Crippen LogP contribution in [0.25, 0.3) is 21.5 Å². The maximum absolute atomic E-state index is 5.98. The third-order valence-corrected chi connectivity index (χ3v) is 4.64. The summed E-state index contributed by atoms with van der Waals surface area (Å²) >= 11 is 0. The fourth-order valence-electron chi connectivity index (χ4n) is 2.60. The molecule has 0 fully saturated rings. The van der Waals surface area contributed by atoms with Crippen molar-refractivity contribution in [3.05, 3.63) is 84.9 Å². The molecule has 0 aliphatic rings. The molecule has 1 atom stereocenters. The van der Waals surface area contributed by atoms with Crippen LogP contribution in [0.15, 0.2) is 84.9 Å². The van der Waals surface area contributed by atoms with Crippen molar-refractivity contribution in [1.82, 2.24) is 0 Å². The average Bonchev–Trinajstić information content (AvgIpc) is 2.59. The summed E-state index contributed by atoms with van der Waals surface area (Å²) in [6.45, 7) is 0. The Morgan fingerprint density at radius 3 is 1.86 bits per heavy atom. The van der Waals surface area contributed by atoms with E-state index in [1.54, 1.807) is 0 Å². The Labute approximate surface area is 131 Å². The van der Waals surface area contributed by atoms with E-state index in [4.69, 9.17) is 4.52 Å². The average molecular weight is 302 g/mol. The lowest BCUT2D eigenvalue weighted by molar-refractivity contribution is 0.640. The highest BCUT2D eigenvalue weighted by Gasteiger charge is 2.00. The minimum Gasteiger partial charge on any atom is -0.472 e. The first-order valence-electron chi connectivity index (χ1n) is 7.29. The summed E-state index contributed by atoms with van der Waals surface area (Å²) in [6.07, 6.45) is 0. The van der Waals surface area contributed by atoms with E-state index in [2.05, 4.69) is 78.9 Å². The van der Waals surface area contributed by atoms with Gasteiger partial charge < -0.3 is 4.52 Å². The summed E-state index contributed by atoms with van der Waals surface area (Å²) in [6, 6.07) is 29.5. The highest BCUT2D eigenvalue weighted by molar-refractivity contribution is 7.42. The third kappa shape index (κ3) is 2.68. The second-order valence-electron chi connectivity index (χ2n) is 5.28. The van der Waals surface area contributed by atoms with Gasteiger partial charge in [-0.15, -0.1) is 0 Å². The monoisotopic (exact) mass is 302 g/mol. The third-order valence-electron chi connectivity index (χ3n) is 3.76. The zero-order chi connectivity index (χ0) is 14.8. The van der Waals surface area contributed by atoms with Crippen molar-refractivity contribution in [2.24, 2.45) is 0 Å². The summed E-state index contributed by atoms with van der Waals surface area (Å²) in [4.78, 5) is 0. The van der Waals surface area contributed by atoms with E-state index in [1.807, 2.05) is 6.07 Å². The van der Waals surface area contributed by atoms with Gasteiger partial charge in [0.25, 0.3) is 0 Å². The van der Waals surface area contributed by atoms with E-state index in [9.17, 15) is 0 Å². The Morgan fingerprint density at radius 2 is 1.14 bits per heavy atom. The molecule has 0 saturated carbocycles. The van der Waals surface area contributed by atoms with Crippen LogP contribution >= 0.6 is 8.81 Å². The molecule has 0 aliphatic carbocycles. The molecule has 2 heteroatoms. The van der Waals surface area contributed by atoms with Crippen LogP contribution in [0.1, 0.15) is 0 Å². The van der Waals surface area contributed by atoms with Crippen LogP contribution in [-0.4, -0.2) is 0 Å². The van der Waals surface area contributed by atoms with Gasteiger partial charge in [0.05, 0.1) is 0 Å². The van der Waals surface area contributed by atoms with Crippen molar-refractivity contribution in [1.29, 1.82) is 0 Å². The summed E-state index contributed by atoms with van der Waals surface area (Å²) in [7, 11) is 0.316. The second kappa shape index (κ2) is 5.79. The molecule has 1 nitrogen and oxygen atoms in total. The molecule has 0 bridgehead atoms. The van der Waals surface area contributed by atoms with Crippen LogP contribution in [-0.2, 0) is 0 Å². The Balaban J connectivity index is 1.57. The van der Waals surface area contributed by atoms with Crippen molar-refractivity contribution in [3.63, 3.8) is 0 Å². The molecule has 4 aromatic carbocycles. The van der Waals surface area contributed by atoms with Crippen LogP contribution in [0.4, 0.5) is 0 Å². The number of fused-ring (bicyclic) bond motifs is 2. The zero-order valence-electron chi connectivity index (χ0n) is 12.0. The molecule has 0 aromatic heterocycles. The van der Waals surface area contributed by atoms with Crippen LogP contribution in [0, 0.1) is 0 Å². The normalized spacial score (nSPS) is 11.5. The lowest BCUT2D eigenvalue weighted by atomic mass is 10.1. The van der Waals surface area contributed by atoms with Crippen molar-refractivity contribution >= 4 is 35.7 Å². The van der Waals surface area contributed by atoms with E-state index in [-0.39, 0.29) is 0 Å². The van der Waals surface area contributed by atoms with Crippen molar-refractivity contribution in [3.8, 4) is 5.75 Å². The lowest BCUT2D eigenvalue weighted by Crippen LogP contribution is -1.96. The maximum atomic E-state index is 5.98. The minimum atomic E-state index is 0.316. The Kier molecular flexibility index (Phi) is 3.50. The lowest BCUT2D eigenvalue weighted by Gasteiger charge is -2.08. The Hall–Kier alpha value is -2.37. The summed E-state index contributed by atoms with van der Waals surface area (Å²) in [5, 5.41) is 6.19. The van der Waals surface area contributed by atoms with E-state index < -0.39 is 0 Å². The number of hydrogen-bond acceptors (Lipinski definition) is 1. The molecule has 0 radical (unpaired) electrons. The highest BCUT2D eigenvalue weighted by Crippen LogP contribution is 2.26. The van der Waals surface area contributed by atoms with Gasteiger partial charge in [0.15, 0.2) is 0 Å². The van der Waals surface area contributed by atoms with Gasteiger partial charge >= 0.3 is 0 Å². The number of rotatable bonds is 3. The summed E-state index contributed by atoms with van der Waals surface area (Å²) < 4.78 is 5.98. The van der Waals surface area contributed by atoms with Gasteiger partial charge in [-0.25, -0.2) is 0 Å². The fraction of sp³-hybridized carbons (Fsp3) is 0. The number of hydrogen-bond donors (Lipinski definition) is 0. The summed E-state index contributed by atoms with van der Waals surface area (Å²) in [5.74, 6) is 0.921. The topological polar surface area (TPSA) is 9.23 Å². The molecule has 4 aromatic rings. The molecule has 1 unspecified atom stereocenters. The van der Waals surface area contributed by atoms with Gasteiger partial charge in [-0.1, -0.05) is 66.7 Å². The van der Waals surface area contributed by atoms with E-state index in [0.29, 0.717) is 8.81 Å². The first kappa shape index (κ1) is 13.3. The molecular formula is C20H15OP. The first-order chi connectivity index (χ1) is 10.9. The van der Waals surface area contributed by atoms with Crippen LogP contribution in [0.5, 0.6) is 5.75 Å². The van der Waals surface area contributed by atoms with Crippen molar-refractivity contribution in [2.75, 3.05) is 0 Å². The highest BCUT2D eigenvalue weighted by atomic mass is 31.1. The molecular weight excluding hydrogens is 287 g/mol. The first-order valence-corrected chi connectivity index (χ1v) is 8.20. The molecule has 0 amide bonds. The van der Waals surface area contributed by atoms with Crippen molar-refractivity contribution in [2.45, 2.75) is 0 Å².